The lowest BCUT2D eigenvalue weighted by Crippen LogP contribution is -2.43. The van der Waals surface area contributed by atoms with Crippen molar-refractivity contribution in [2.24, 2.45) is 10.9 Å². The van der Waals surface area contributed by atoms with Gasteiger partial charge in [0, 0.05) is 45.1 Å². The lowest BCUT2D eigenvalue weighted by atomic mass is 9.89. The van der Waals surface area contributed by atoms with Gasteiger partial charge in [0.05, 0.1) is 6.10 Å². The summed E-state index contributed by atoms with van der Waals surface area (Å²) in [6, 6.07) is 8.84. The highest BCUT2D eigenvalue weighted by atomic mass is 127. The van der Waals surface area contributed by atoms with Crippen molar-refractivity contribution in [3.8, 4) is 0 Å². The molecule has 1 aliphatic heterocycles. The third-order valence-corrected chi connectivity index (χ3v) is 5.27. The molecule has 0 aromatic heterocycles. The highest BCUT2D eigenvalue weighted by Gasteiger charge is 2.27. The summed E-state index contributed by atoms with van der Waals surface area (Å²) in [5.41, 5.74) is 2.50. The lowest BCUT2D eigenvalue weighted by molar-refractivity contribution is -0.121. The number of hydrogen-bond acceptors (Lipinski definition) is 3. The van der Waals surface area contributed by atoms with Gasteiger partial charge in [-0.3, -0.25) is 9.79 Å². The average Bonchev–Trinajstić information content (AvgIpc) is 2.71. The maximum Gasteiger partial charge on any atom is 0.221 e. The van der Waals surface area contributed by atoms with Gasteiger partial charge in [0.2, 0.25) is 5.91 Å². The van der Waals surface area contributed by atoms with Crippen molar-refractivity contribution >= 4 is 35.8 Å². The van der Waals surface area contributed by atoms with Crippen LogP contribution < -0.4 is 16.0 Å². The zero-order valence-corrected chi connectivity index (χ0v) is 20.5. The third kappa shape index (κ3) is 8.90. The van der Waals surface area contributed by atoms with E-state index in [9.17, 15) is 4.79 Å². The van der Waals surface area contributed by atoms with Gasteiger partial charge in [0.15, 0.2) is 5.96 Å². The number of aryl methyl sites for hydroxylation is 1. The van der Waals surface area contributed by atoms with Crippen LogP contribution in [-0.4, -0.2) is 44.7 Å². The standard InChI is InChI=1S/C22H36N4O2.HI/c1-5-17(3)26-20(27)12-13-24-22(23-4)25-15-19-7-6-14-28-21(19)18-10-8-16(2)9-11-18;/h8-11,17,19,21H,5-7,12-15H2,1-4H3,(H,26,27)(H2,23,24,25);1H. The van der Waals surface area contributed by atoms with E-state index in [1.807, 2.05) is 6.92 Å². The zero-order chi connectivity index (χ0) is 20.4. The van der Waals surface area contributed by atoms with E-state index in [4.69, 9.17) is 4.74 Å². The Morgan fingerprint density at radius 3 is 2.66 bits per heavy atom. The van der Waals surface area contributed by atoms with Gasteiger partial charge in [0.25, 0.3) is 0 Å². The normalized spacial score (nSPS) is 20.3. The molecular weight excluding hydrogens is 479 g/mol. The molecular formula is C22H37IN4O2. The molecule has 3 atom stereocenters. The minimum absolute atomic E-state index is 0. The van der Waals surface area contributed by atoms with E-state index < -0.39 is 0 Å². The molecule has 164 valence electrons. The van der Waals surface area contributed by atoms with E-state index in [0.717, 1.165) is 38.4 Å². The fourth-order valence-electron chi connectivity index (χ4n) is 3.37. The molecule has 3 unspecified atom stereocenters. The minimum atomic E-state index is 0. The molecule has 1 fully saturated rings. The van der Waals surface area contributed by atoms with E-state index in [1.165, 1.54) is 11.1 Å². The second-order valence-electron chi connectivity index (χ2n) is 7.61. The fourth-order valence-corrected chi connectivity index (χ4v) is 3.37. The minimum Gasteiger partial charge on any atom is -0.373 e. The zero-order valence-electron chi connectivity index (χ0n) is 18.2. The van der Waals surface area contributed by atoms with Crippen LogP contribution in [0.1, 0.15) is 56.8 Å². The molecule has 0 radical (unpaired) electrons. The predicted molar refractivity (Wildman–Crippen MR) is 130 cm³/mol. The van der Waals surface area contributed by atoms with Crippen molar-refractivity contribution in [1.82, 2.24) is 16.0 Å². The number of hydrogen-bond donors (Lipinski definition) is 3. The summed E-state index contributed by atoms with van der Waals surface area (Å²) in [7, 11) is 1.75. The van der Waals surface area contributed by atoms with Gasteiger partial charge in [-0.25, -0.2) is 0 Å². The number of rotatable bonds is 8. The van der Waals surface area contributed by atoms with E-state index in [0.29, 0.717) is 18.9 Å². The molecule has 1 aliphatic rings. The predicted octanol–water partition coefficient (Wildman–Crippen LogP) is 3.55. The Hall–Kier alpha value is -1.35. The average molecular weight is 516 g/mol. The molecule has 1 aromatic rings. The fraction of sp³-hybridized carbons (Fsp3) is 0.636. The molecule has 0 aliphatic carbocycles. The molecule has 0 bridgehead atoms. The first-order chi connectivity index (χ1) is 13.5. The monoisotopic (exact) mass is 516 g/mol. The van der Waals surface area contributed by atoms with Crippen LogP contribution in [-0.2, 0) is 9.53 Å². The van der Waals surface area contributed by atoms with Gasteiger partial charge in [-0.05, 0) is 38.7 Å². The highest BCUT2D eigenvalue weighted by Crippen LogP contribution is 2.33. The number of nitrogens with one attached hydrogen (secondary N) is 3. The lowest BCUT2D eigenvalue weighted by Gasteiger charge is -2.32. The molecule has 1 heterocycles. The van der Waals surface area contributed by atoms with Gasteiger partial charge in [0.1, 0.15) is 0 Å². The Kier molecular flexibility index (Phi) is 12.2. The van der Waals surface area contributed by atoms with Crippen LogP contribution in [0.25, 0.3) is 0 Å². The van der Waals surface area contributed by atoms with E-state index >= 15 is 0 Å². The van der Waals surface area contributed by atoms with Crippen molar-refractivity contribution in [3.63, 3.8) is 0 Å². The maximum absolute atomic E-state index is 11.9. The van der Waals surface area contributed by atoms with Crippen LogP contribution in [0.3, 0.4) is 0 Å². The van der Waals surface area contributed by atoms with Crippen molar-refractivity contribution in [2.75, 3.05) is 26.7 Å². The quantitative estimate of drug-likeness (QED) is 0.281. The SMILES string of the molecule is CCC(C)NC(=O)CCNC(=NC)NCC1CCCOC1c1ccc(C)cc1.I. The molecule has 0 saturated carbocycles. The summed E-state index contributed by atoms with van der Waals surface area (Å²) >= 11 is 0. The van der Waals surface area contributed by atoms with Gasteiger partial charge >= 0.3 is 0 Å². The summed E-state index contributed by atoms with van der Waals surface area (Å²) in [6.45, 7) is 8.34. The number of ether oxygens (including phenoxy) is 1. The van der Waals surface area contributed by atoms with Crippen molar-refractivity contribution in [3.05, 3.63) is 35.4 Å². The summed E-state index contributed by atoms with van der Waals surface area (Å²) in [5, 5.41) is 9.61. The molecule has 3 N–H and O–H groups in total. The molecule has 1 aromatic carbocycles. The summed E-state index contributed by atoms with van der Waals surface area (Å²) < 4.78 is 6.09. The van der Waals surface area contributed by atoms with Gasteiger partial charge in [-0.1, -0.05) is 36.8 Å². The van der Waals surface area contributed by atoms with Gasteiger partial charge < -0.3 is 20.7 Å². The first-order valence-corrected chi connectivity index (χ1v) is 10.5. The van der Waals surface area contributed by atoms with Crippen LogP contribution in [0.4, 0.5) is 0 Å². The molecule has 6 nitrogen and oxygen atoms in total. The Bertz CT molecular complexity index is 636. The molecule has 7 heteroatoms. The van der Waals surface area contributed by atoms with Crippen LogP contribution in [0.15, 0.2) is 29.3 Å². The second-order valence-corrected chi connectivity index (χ2v) is 7.61. The maximum atomic E-state index is 11.9. The van der Waals surface area contributed by atoms with E-state index in [-0.39, 0.29) is 42.0 Å². The molecule has 1 saturated heterocycles. The van der Waals surface area contributed by atoms with Gasteiger partial charge in [-0.15, -0.1) is 24.0 Å². The Balaban J connectivity index is 0.00000420. The Labute approximate surface area is 192 Å². The van der Waals surface area contributed by atoms with E-state index in [2.05, 4.69) is 59.1 Å². The molecule has 1 amide bonds. The third-order valence-electron chi connectivity index (χ3n) is 5.27. The number of nitrogens with zero attached hydrogens (tertiary/aromatic N) is 1. The van der Waals surface area contributed by atoms with Crippen LogP contribution in [0.5, 0.6) is 0 Å². The Morgan fingerprint density at radius 2 is 2.00 bits per heavy atom. The topological polar surface area (TPSA) is 74.8 Å². The number of benzene rings is 1. The number of amides is 1. The smallest absolute Gasteiger partial charge is 0.221 e. The molecule has 2 rings (SSSR count). The second kappa shape index (κ2) is 13.8. The van der Waals surface area contributed by atoms with Crippen LogP contribution in [0, 0.1) is 12.8 Å². The van der Waals surface area contributed by atoms with Crippen molar-refractivity contribution in [2.45, 2.75) is 58.6 Å². The summed E-state index contributed by atoms with van der Waals surface area (Å²) in [5.74, 6) is 1.19. The number of halogens is 1. The largest absolute Gasteiger partial charge is 0.373 e. The number of carbonyl (C=O) groups is 1. The Morgan fingerprint density at radius 1 is 1.28 bits per heavy atom. The summed E-state index contributed by atoms with van der Waals surface area (Å²) in [4.78, 5) is 16.2. The van der Waals surface area contributed by atoms with Crippen molar-refractivity contribution < 1.29 is 9.53 Å². The first-order valence-electron chi connectivity index (χ1n) is 10.5. The highest BCUT2D eigenvalue weighted by molar-refractivity contribution is 14.0. The van der Waals surface area contributed by atoms with Gasteiger partial charge in [-0.2, -0.15) is 0 Å². The molecule has 29 heavy (non-hydrogen) atoms. The summed E-state index contributed by atoms with van der Waals surface area (Å²) in [6.07, 6.45) is 3.69. The number of guanidine groups is 1. The van der Waals surface area contributed by atoms with Crippen LogP contribution in [0.2, 0.25) is 0 Å². The molecule has 0 spiro atoms. The number of carbonyl (C=O) groups excluding carboxylic acids is 1. The van der Waals surface area contributed by atoms with E-state index in [1.54, 1.807) is 7.05 Å². The van der Waals surface area contributed by atoms with Crippen LogP contribution >= 0.6 is 24.0 Å². The first kappa shape index (κ1) is 25.7. The van der Waals surface area contributed by atoms with Crippen molar-refractivity contribution in [1.29, 1.82) is 0 Å². The number of aliphatic imine (C=N–C) groups is 1.